The maximum absolute atomic E-state index is 11.3. The fourth-order valence-corrected chi connectivity index (χ4v) is 2.79. The summed E-state index contributed by atoms with van der Waals surface area (Å²) in [6.45, 7) is 0. The molecule has 0 amide bonds. The molecule has 8 heteroatoms. The first-order valence-corrected chi connectivity index (χ1v) is 8.32. The molecule has 2 aromatic rings. The van der Waals surface area contributed by atoms with Crippen molar-refractivity contribution in [2.75, 3.05) is 5.32 Å². The molecule has 0 bridgehead atoms. The van der Waals surface area contributed by atoms with E-state index in [-0.39, 0.29) is 16.1 Å². The normalized spacial score (nSPS) is 11.1. The standard InChI is InChI=1S/C13H11IN2O4S/c14-8-2-1-3-9(6-8)16-12-5-4-10(21(15,19)20)7-11(12)13(17)18/h1-7,16H,(H,17,18)(H2,15,19,20). The summed E-state index contributed by atoms with van der Waals surface area (Å²) < 4.78 is 23.6. The Morgan fingerprint density at radius 3 is 2.48 bits per heavy atom. The molecule has 0 aliphatic rings. The van der Waals surface area contributed by atoms with Crippen LogP contribution in [0.4, 0.5) is 11.4 Å². The first-order valence-electron chi connectivity index (χ1n) is 5.70. The van der Waals surface area contributed by atoms with E-state index < -0.39 is 16.0 Å². The quantitative estimate of drug-likeness (QED) is 0.661. The monoisotopic (exact) mass is 418 g/mol. The molecule has 0 saturated carbocycles. The number of aromatic carboxylic acids is 1. The third-order valence-corrected chi connectivity index (χ3v) is 4.24. The van der Waals surface area contributed by atoms with Crippen LogP contribution in [0.15, 0.2) is 47.4 Å². The number of carboxylic acid groups (broad SMARTS) is 1. The Labute approximate surface area is 135 Å². The van der Waals surface area contributed by atoms with Crippen molar-refractivity contribution in [2.45, 2.75) is 4.90 Å². The largest absolute Gasteiger partial charge is 0.478 e. The van der Waals surface area contributed by atoms with Gasteiger partial charge in [-0.15, -0.1) is 0 Å². The summed E-state index contributed by atoms with van der Waals surface area (Å²) in [5.74, 6) is -1.24. The number of hydrogen-bond donors (Lipinski definition) is 3. The maximum Gasteiger partial charge on any atom is 0.337 e. The molecule has 21 heavy (non-hydrogen) atoms. The van der Waals surface area contributed by atoms with Gasteiger partial charge in [0.2, 0.25) is 10.0 Å². The van der Waals surface area contributed by atoms with E-state index >= 15 is 0 Å². The molecule has 110 valence electrons. The lowest BCUT2D eigenvalue weighted by molar-refractivity contribution is 0.0697. The number of anilines is 2. The summed E-state index contributed by atoms with van der Waals surface area (Å²) in [6.07, 6.45) is 0. The van der Waals surface area contributed by atoms with Crippen molar-refractivity contribution in [1.29, 1.82) is 0 Å². The number of carboxylic acids is 1. The van der Waals surface area contributed by atoms with E-state index in [9.17, 15) is 18.3 Å². The van der Waals surface area contributed by atoms with E-state index in [0.717, 1.165) is 9.64 Å². The third-order valence-electron chi connectivity index (χ3n) is 2.65. The highest BCUT2D eigenvalue weighted by Gasteiger charge is 2.16. The first-order chi connectivity index (χ1) is 9.77. The molecule has 0 spiro atoms. The highest BCUT2D eigenvalue weighted by molar-refractivity contribution is 14.1. The van der Waals surface area contributed by atoms with Gasteiger partial charge in [-0.1, -0.05) is 6.07 Å². The number of carbonyl (C=O) groups is 1. The second kappa shape index (κ2) is 6.00. The molecule has 0 atom stereocenters. The van der Waals surface area contributed by atoms with Crippen LogP contribution in [0.1, 0.15) is 10.4 Å². The van der Waals surface area contributed by atoms with Crippen LogP contribution in [-0.4, -0.2) is 19.5 Å². The summed E-state index contributed by atoms with van der Waals surface area (Å²) in [4.78, 5) is 11.0. The fourth-order valence-electron chi connectivity index (χ4n) is 1.71. The van der Waals surface area contributed by atoms with E-state index in [0.29, 0.717) is 5.69 Å². The molecule has 0 aliphatic heterocycles. The van der Waals surface area contributed by atoms with Gasteiger partial charge in [-0.25, -0.2) is 18.4 Å². The lowest BCUT2D eigenvalue weighted by Gasteiger charge is -2.11. The average molecular weight is 418 g/mol. The van der Waals surface area contributed by atoms with Gasteiger partial charge in [0, 0.05) is 9.26 Å². The molecular weight excluding hydrogens is 407 g/mol. The van der Waals surface area contributed by atoms with Gasteiger partial charge < -0.3 is 10.4 Å². The number of hydrogen-bond acceptors (Lipinski definition) is 4. The predicted molar refractivity (Wildman–Crippen MR) is 87.2 cm³/mol. The summed E-state index contributed by atoms with van der Waals surface area (Å²) in [5, 5.41) is 17.2. The Morgan fingerprint density at radius 2 is 1.90 bits per heavy atom. The van der Waals surface area contributed by atoms with Gasteiger partial charge in [-0.05, 0) is 59.0 Å². The summed E-state index contributed by atoms with van der Waals surface area (Å²) in [6, 6.07) is 11.0. The number of rotatable bonds is 4. The first kappa shape index (κ1) is 15.7. The Hall–Kier alpha value is -1.65. The van der Waals surface area contributed by atoms with Gasteiger partial charge in [-0.3, -0.25) is 0 Å². The highest BCUT2D eigenvalue weighted by atomic mass is 127. The molecule has 4 N–H and O–H groups in total. The van der Waals surface area contributed by atoms with Crippen molar-refractivity contribution >= 4 is 50.0 Å². The SMILES string of the molecule is NS(=O)(=O)c1ccc(Nc2cccc(I)c2)c(C(=O)O)c1. The minimum Gasteiger partial charge on any atom is -0.478 e. The summed E-state index contributed by atoms with van der Waals surface area (Å²) >= 11 is 2.13. The Kier molecular flexibility index (Phi) is 4.49. The Morgan fingerprint density at radius 1 is 1.19 bits per heavy atom. The molecule has 2 rings (SSSR count). The highest BCUT2D eigenvalue weighted by Crippen LogP contribution is 2.24. The number of nitrogens with two attached hydrogens (primary N) is 1. The van der Waals surface area contributed by atoms with Crippen molar-refractivity contribution in [3.05, 3.63) is 51.6 Å². The molecule has 0 heterocycles. The van der Waals surface area contributed by atoms with Gasteiger partial charge in [0.15, 0.2) is 0 Å². The number of nitrogens with one attached hydrogen (secondary N) is 1. The third kappa shape index (κ3) is 3.93. The summed E-state index contributed by atoms with van der Waals surface area (Å²) in [7, 11) is -3.95. The van der Waals surface area contributed by atoms with Gasteiger partial charge in [0.05, 0.1) is 16.1 Å². The average Bonchev–Trinajstić information content (AvgIpc) is 2.37. The van der Waals surface area contributed by atoms with Crippen LogP contribution >= 0.6 is 22.6 Å². The van der Waals surface area contributed by atoms with Crippen LogP contribution in [0.3, 0.4) is 0 Å². The number of primary sulfonamides is 1. The van der Waals surface area contributed by atoms with Crippen LogP contribution in [0, 0.1) is 3.57 Å². The lowest BCUT2D eigenvalue weighted by atomic mass is 10.1. The predicted octanol–water partition coefficient (Wildman–Crippen LogP) is 2.38. The molecular formula is C13H11IN2O4S. The van der Waals surface area contributed by atoms with Crippen molar-refractivity contribution in [1.82, 2.24) is 0 Å². The minimum absolute atomic E-state index is 0.166. The van der Waals surface area contributed by atoms with Crippen LogP contribution in [0.25, 0.3) is 0 Å². The molecule has 0 fully saturated rings. The Bertz CT molecular complexity index is 806. The van der Waals surface area contributed by atoms with E-state index in [4.69, 9.17) is 5.14 Å². The molecule has 0 saturated heterocycles. The van der Waals surface area contributed by atoms with Gasteiger partial charge >= 0.3 is 5.97 Å². The van der Waals surface area contributed by atoms with Crippen molar-refractivity contribution in [2.24, 2.45) is 5.14 Å². The van der Waals surface area contributed by atoms with Crippen LogP contribution in [0.5, 0.6) is 0 Å². The molecule has 0 radical (unpaired) electrons. The fraction of sp³-hybridized carbons (Fsp3) is 0. The van der Waals surface area contributed by atoms with Gasteiger partial charge in [-0.2, -0.15) is 0 Å². The molecule has 0 aromatic heterocycles. The van der Waals surface area contributed by atoms with Crippen molar-refractivity contribution < 1.29 is 18.3 Å². The zero-order chi connectivity index (χ0) is 15.6. The molecule has 6 nitrogen and oxygen atoms in total. The molecule has 2 aromatic carbocycles. The van der Waals surface area contributed by atoms with Crippen molar-refractivity contribution in [3.8, 4) is 0 Å². The van der Waals surface area contributed by atoms with E-state index in [1.54, 1.807) is 6.07 Å². The van der Waals surface area contributed by atoms with E-state index in [1.807, 2.05) is 18.2 Å². The lowest BCUT2D eigenvalue weighted by Crippen LogP contribution is -2.13. The van der Waals surface area contributed by atoms with Crippen LogP contribution in [-0.2, 0) is 10.0 Å². The van der Waals surface area contributed by atoms with E-state index in [1.165, 1.54) is 12.1 Å². The second-order valence-corrected chi connectivity index (χ2v) is 7.00. The van der Waals surface area contributed by atoms with Gasteiger partial charge in [0.25, 0.3) is 0 Å². The number of benzene rings is 2. The maximum atomic E-state index is 11.3. The smallest absolute Gasteiger partial charge is 0.337 e. The van der Waals surface area contributed by atoms with Crippen LogP contribution in [0.2, 0.25) is 0 Å². The molecule has 0 aliphatic carbocycles. The van der Waals surface area contributed by atoms with E-state index in [2.05, 4.69) is 27.9 Å². The van der Waals surface area contributed by atoms with Crippen LogP contribution < -0.4 is 10.5 Å². The zero-order valence-electron chi connectivity index (χ0n) is 10.6. The van der Waals surface area contributed by atoms with Gasteiger partial charge in [0.1, 0.15) is 0 Å². The topological polar surface area (TPSA) is 109 Å². The zero-order valence-corrected chi connectivity index (χ0v) is 13.6. The Balaban J connectivity index is 2.47. The number of halogens is 1. The number of sulfonamides is 1. The van der Waals surface area contributed by atoms with Crippen molar-refractivity contribution in [3.63, 3.8) is 0 Å². The summed E-state index contributed by atoms with van der Waals surface area (Å²) in [5.41, 5.74) is 0.824. The minimum atomic E-state index is -3.95. The molecule has 0 unspecified atom stereocenters. The second-order valence-electron chi connectivity index (χ2n) is 4.19.